The molecule has 0 amide bonds. The normalized spacial score (nSPS) is 14.5. The van der Waals surface area contributed by atoms with Gasteiger partial charge in [0.2, 0.25) is 0 Å². The SMILES string of the molecule is O=C(Oc1cccc(C2(c3cccc(OC(=O)c4ccc(Br)cc4)c3)CCCCC2)c1)c1ccc(Br)cc1. The first-order valence-electron chi connectivity index (χ1n) is 12.6. The predicted molar refractivity (Wildman–Crippen MR) is 155 cm³/mol. The van der Waals surface area contributed by atoms with E-state index in [9.17, 15) is 9.59 Å². The molecule has 0 aliphatic heterocycles. The van der Waals surface area contributed by atoms with Crippen LogP contribution in [0.4, 0.5) is 0 Å². The Morgan fingerprint density at radius 2 is 1.00 bits per heavy atom. The third-order valence-electron chi connectivity index (χ3n) is 7.06. The van der Waals surface area contributed by atoms with Crippen LogP contribution in [0.1, 0.15) is 63.9 Å². The molecule has 1 saturated carbocycles. The third kappa shape index (κ3) is 5.92. The van der Waals surface area contributed by atoms with Crippen LogP contribution < -0.4 is 9.47 Å². The number of hydrogen-bond donors (Lipinski definition) is 0. The quantitative estimate of drug-likeness (QED) is 0.157. The first-order valence-corrected chi connectivity index (χ1v) is 14.2. The van der Waals surface area contributed by atoms with Crippen LogP contribution in [-0.4, -0.2) is 11.9 Å². The molecule has 0 radical (unpaired) electrons. The molecule has 4 nitrogen and oxygen atoms in total. The van der Waals surface area contributed by atoms with Gasteiger partial charge in [-0.2, -0.15) is 0 Å². The summed E-state index contributed by atoms with van der Waals surface area (Å²) in [6.45, 7) is 0. The Morgan fingerprint density at radius 1 is 0.579 bits per heavy atom. The third-order valence-corrected chi connectivity index (χ3v) is 8.12. The molecule has 4 aromatic carbocycles. The molecular formula is C32H26Br2O4. The van der Waals surface area contributed by atoms with Gasteiger partial charge in [0, 0.05) is 14.4 Å². The fraction of sp³-hybridized carbons (Fsp3) is 0.188. The number of rotatable bonds is 6. The van der Waals surface area contributed by atoms with E-state index in [0.29, 0.717) is 22.6 Å². The summed E-state index contributed by atoms with van der Waals surface area (Å²) in [6.07, 6.45) is 5.28. The van der Waals surface area contributed by atoms with Gasteiger partial charge < -0.3 is 9.47 Å². The second kappa shape index (κ2) is 11.7. The highest BCUT2D eigenvalue weighted by atomic mass is 79.9. The van der Waals surface area contributed by atoms with Crippen LogP contribution in [-0.2, 0) is 5.41 Å². The smallest absolute Gasteiger partial charge is 0.343 e. The van der Waals surface area contributed by atoms with Gasteiger partial charge in [-0.1, -0.05) is 75.4 Å². The maximum absolute atomic E-state index is 12.8. The fourth-order valence-electron chi connectivity index (χ4n) is 5.12. The lowest BCUT2D eigenvalue weighted by atomic mass is 9.65. The number of esters is 2. The molecule has 0 N–H and O–H groups in total. The highest BCUT2D eigenvalue weighted by Crippen LogP contribution is 2.46. The highest BCUT2D eigenvalue weighted by Gasteiger charge is 2.36. The molecule has 1 aliphatic rings. The Hall–Kier alpha value is -3.22. The van der Waals surface area contributed by atoms with E-state index in [0.717, 1.165) is 45.8 Å². The predicted octanol–water partition coefficient (Wildman–Crippen LogP) is 8.90. The van der Waals surface area contributed by atoms with Crippen LogP contribution in [0.3, 0.4) is 0 Å². The molecule has 1 fully saturated rings. The van der Waals surface area contributed by atoms with Crippen molar-refractivity contribution in [2.75, 3.05) is 0 Å². The van der Waals surface area contributed by atoms with E-state index in [1.165, 1.54) is 6.42 Å². The molecule has 1 aliphatic carbocycles. The maximum atomic E-state index is 12.8. The highest BCUT2D eigenvalue weighted by molar-refractivity contribution is 9.10. The summed E-state index contributed by atoms with van der Waals surface area (Å²) in [5.41, 5.74) is 2.90. The Labute approximate surface area is 239 Å². The monoisotopic (exact) mass is 632 g/mol. The molecule has 192 valence electrons. The van der Waals surface area contributed by atoms with Crippen molar-refractivity contribution in [2.45, 2.75) is 37.5 Å². The van der Waals surface area contributed by atoms with Crippen LogP contribution in [0.25, 0.3) is 0 Å². The molecule has 0 aromatic heterocycles. The number of hydrogen-bond acceptors (Lipinski definition) is 4. The lowest BCUT2D eigenvalue weighted by molar-refractivity contribution is 0.0725. The summed E-state index contributed by atoms with van der Waals surface area (Å²) in [5, 5.41) is 0. The standard InChI is InChI=1S/C32H26Br2O4/c33-26-14-10-22(11-15-26)30(35)37-28-8-4-6-24(20-28)32(18-2-1-3-19-32)25-7-5-9-29(21-25)38-31(36)23-12-16-27(34)17-13-23/h4-17,20-21H,1-3,18-19H2. The molecule has 0 heterocycles. The van der Waals surface area contributed by atoms with Gasteiger partial charge >= 0.3 is 11.9 Å². The minimum atomic E-state index is -0.394. The van der Waals surface area contributed by atoms with Gasteiger partial charge in [0.1, 0.15) is 11.5 Å². The van der Waals surface area contributed by atoms with Gasteiger partial charge in [-0.15, -0.1) is 0 Å². The Morgan fingerprint density at radius 3 is 1.42 bits per heavy atom. The molecule has 0 spiro atoms. The van der Waals surface area contributed by atoms with Gasteiger partial charge in [-0.3, -0.25) is 0 Å². The lowest BCUT2D eigenvalue weighted by Crippen LogP contribution is -2.30. The van der Waals surface area contributed by atoms with Gasteiger partial charge in [-0.05, 0) is 96.8 Å². The molecule has 5 rings (SSSR count). The van der Waals surface area contributed by atoms with Crippen LogP contribution in [0.2, 0.25) is 0 Å². The molecule has 0 unspecified atom stereocenters. The maximum Gasteiger partial charge on any atom is 0.343 e. The van der Waals surface area contributed by atoms with E-state index in [1.54, 1.807) is 24.3 Å². The molecule has 0 bridgehead atoms. The minimum Gasteiger partial charge on any atom is -0.423 e. The summed E-state index contributed by atoms with van der Waals surface area (Å²) in [4.78, 5) is 25.5. The zero-order valence-electron chi connectivity index (χ0n) is 20.7. The number of ether oxygens (including phenoxy) is 2. The van der Waals surface area contributed by atoms with E-state index in [4.69, 9.17) is 9.47 Å². The lowest BCUT2D eigenvalue weighted by Gasteiger charge is -2.39. The van der Waals surface area contributed by atoms with Crippen LogP contribution in [0, 0.1) is 0 Å². The van der Waals surface area contributed by atoms with E-state index < -0.39 is 11.9 Å². The number of carbonyl (C=O) groups excluding carboxylic acids is 2. The summed E-state index contributed by atoms with van der Waals surface area (Å²) >= 11 is 6.79. The number of carbonyl (C=O) groups is 2. The van der Waals surface area contributed by atoms with Crippen molar-refractivity contribution < 1.29 is 19.1 Å². The van der Waals surface area contributed by atoms with E-state index in [2.05, 4.69) is 44.0 Å². The summed E-state index contributed by atoms with van der Waals surface area (Å²) in [6, 6.07) is 29.9. The molecule has 4 aromatic rings. The van der Waals surface area contributed by atoms with Gasteiger partial charge in [0.15, 0.2) is 0 Å². The summed E-state index contributed by atoms with van der Waals surface area (Å²) < 4.78 is 13.3. The zero-order chi connectivity index (χ0) is 26.5. The molecule has 0 saturated heterocycles. The second-order valence-corrected chi connectivity index (χ2v) is 11.3. The fourth-order valence-corrected chi connectivity index (χ4v) is 5.65. The minimum absolute atomic E-state index is 0.266. The van der Waals surface area contributed by atoms with Crippen molar-refractivity contribution in [3.05, 3.63) is 128 Å². The molecule has 38 heavy (non-hydrogen) atoms. The second-order valence-electron chi connectivity index (χ2n) is 9.49. The van der Waals surface area contributed by atoms with Gasteiger partial charge in [0.05, 0.1) is 11.1 Å². The van der Waals surface area contributed by atoms with E-state index >= 15 is 0 Å². The van der Waals surface area contributed by atoms with Gasteiger partial charge in [-0.25, -0.2) is 9.59 Å². The van der Waals surface area contributed by atoms with Crippen molar-refractivity contribution in [3.8, 4) is 11.5 Å². The van der Waals surface area contributed by atoms with Crippen LogP contribution >= 0.6 is 31.9 Å². The summed E-state index contributed by atoms with van der Waals surface area (Å²) in [5.74, 6) is 0.236. The van der Waals surface area contributed by atoms with Crippen molar-refractivity contribution in [2.24, 2.45) is 0 Å². The first kappa shape index (κ1) is 26.4. The Bertz CT molecular complexity index is 1330. The van der Waals surface area contributed by atoms with Crippen molar-refractivity contribution in [1.82, 2.24) is 0 Å². The Balaban J connectivity index is 1.43. The average molecular weight is 634 g/mol. The average Bonchev–Trinajstić information content (AvgIpc) is 2.94. The van der Waals surface area contributed by atoms with Crippen LogP contribution in [0.15, 0.2) is 106 Å². The zero-order valence-corrected chi connectivity index (χ0v) is 23.8. The van der Waals surface area contributed by atoms with Crippen LogP contribution in [0.5, 0.6) is 11.5 Å². The van der Waals surface area contributed by atoms with Gasteiger partial charge in [0.25, 0.3) is 0 Å². The summed E-state index contributed by atoms with van der Waals surface area (Å²) in [7, 11) is 0. The van der Waals surface area contributed by atoms with Crippen molar-refractivity contribution >= 4 is 43.8 Å². The number of halogens is 2. The van der Waals surface area contributed by atoms with Crippen molar-refractivity contribution in [1.29, 1.82) is 0 Å². The Kier molecular flexibility index (Phi) is 8.10. The number of benzene rings is 4. The molecule has 6 heteroatoms. The van der Waals surface area contributed by atoms with E-state index in [1.807, 2.05) is 60.7 Å². The molecular weight excluding hydrogens is 608 g/mol. The first-order chi connectivity index (χ1) is 18.4. The van der Waals surface area contributed by atoms with E-state index in [-0.39, 0.29) is 5.41 Å². The largest absolute Gasteiger partial charge is 0.423 e. The van der Waals surface area contributed by atoms with Crippen molar-refractivity contribution in [3.63, 3.8) is 0 Å². The molecule has 0 atom stereocenters. The topological polar surface area (TPSA) is 52.6 Å².